The lowest BCUT2D eigenvalue weighted by atomic mass is 9.74. The first kappa shape index (κ1) is 32.0. The third-order valence-electron chi connectivity index (χ3n) is 9.11. The van der Waals surface area contributed by atoms with Gasteiger partial charge in [-0.2, -0.15) is 0 Å². The van der Waals surface area contributed by atoms with Gasteiger partial charge in [-0.05, 0) is 49.2 Å². The minimum Gasteiger partial charge on any atom is -0.497 e. The Hall–Kier alpha value is -4.00. The van der Waals surface area contributed by atoms with Gasteiger partial charge in [-0.1, -0.05) is 58.4 Å². The highest BCUT2D eigenvalue weighted by atomic mass is 79.9. The maximum Gasteiger partial charge on any atom is 0.313 e. The fourth-order valence-electron chi connectivity index (χ4n) is 6.98. The summed E-state index contributed by atoms with van der Waals surface area (Å²) in [6.45, 7) is 1.43. The van der Waals surface area contributed by atoms with E-state index in [9.17, 15) is 19.5 Å². The van der Waals surface area contributed by atoms with Gasteiger partial charge in [0.1, 0.15) is 35.5 Å². The molecule has 6 rings (SSSR count). The Bertz CT molecular complexity index is 1560. The summed E-state index contributed by atoms with van der Waals surface area (Å²) in [5.41, 5.74) is -0.353. The number of nitrogens with one attached hydrogen (secondary N) is 1. The molecule has 0 aliphatic carbocycles. The van der Waals surface area contributed by atoms with E-state index in [0.717, 1.165) is 0 Å². The second-order valence-corrected chi connectivity index (χ2v) is 12.8. The van der Waals surface area contributed by atoms with Gasteiger partial charge < -0.3 is 34.4 Å². The Morgan fingerprint density at radius 1 is 1.07 bits per heavy atom. The molecule has 2 aromatic carbocycles. The number of allylic oxidation sites excluding steroid dienone is 1. The maximum atomic E-state index is 15.1. The molecule has 242 valence electrons. The predicted octanol–water partition coefficient (Wildman–Crippen LogP) is 3.03. The molecule has 11 nitrogen and oxygen atoms in total. The molecule has 12 heteroatoms. The van der Waals surface area contributed by atoms with Gasteiger partial charge in [0, 0.05) is 23.1 Å². The Kier molecular flexibility index (Phi) is 9.04. The Morgan fingerprint density at radius 2 is 1.80 bits per heavy atom. The molecular formula is C34H36BrN3O8. The molecule has 5 bridgehead atoms. The number of ether oxygens (including phenoxy) is 3. The number of amides is 3. The normalized spacial score (nSPS) is 31.2. The van der Waals surface area contributed by atoms with Gasteiger partial charge >= 0.3 is 5.97 Å². The van der Waals surface area contributed by atoms with Crippen molar-refractivity contribution in [3.63, 3.8) is 0 Å². The number of methoxy groups -OCH3 is 1. The molecule has 1 spiro atoms. The average molecular weight is 695 g/mol. The molecule has 7 atom stereocenters. The number of benzene rings is 2. The number of nitrogens with zero attached hydrogens (tertiary/aromatic N) is 2. The molecule has 0 radical (unpaired) electrons. The standard InChI is InChI=1S/C34H36BrN3O8/c1-20-18-36-26(40)11-7-4-8-16-37(22-12-14-23(44-2)15-13-22)32(42)30-34-17-24(35)29(46-34)27(33(43)45-20)28(34)31(41)38(30)25(19-39)21-9-5-3-6-10-21/h3-6,8-10,12-15,17,20,25,27-30,39H,7,11,16,18-19H2,1-2H3,(H,36,40)/b8-4-/t20-,25-,27+,28-,29+,30+,34-/m1/s1. The van der Waals surface area contributed by atoms with Crippen LogP contribution in [-0.4, -0.2) is 84.4 Å². The van der Waals surface area contributed by atoms with E-state index in [2.05, 4.69) is 21.2 Å². The number of rotatable bonds is 5. The van der Waals surface area contributed by atoms with E-state index in [4.69, 9.17) is 14.2 Å². The van der Waals surface area contributed by atoms with E-state index in [1.165, 1.54) is 4.90 Å². The molecule has 2 N–H and O–H groups in total. The summed E-state index contributed by atoms with van der Waals surface area (Å²) in [6, 6.07) is 13.8. The summed E-state index contributed by atoms with van der Waals surface area (Å²) in [5.74, 6) is -3.37. The van der Waals surface area contributed by atoms with Gasteiger partial charge in [0.25, 0.3) is 5.91 Å². The van der Waals surface area contributed by atoms with E-state index in [-0.39, 0.29) is 25.4 Å². The van der Waals surface area contributed by atoms with Crippen LogP contribution in [0, 0.1) is 11.8 Å². The Balaban J connectivity index is 1.51. The minimum absolute atomic E-state index is 0.104. The number of halogens is 1. The quantitative estimate of drug-likeness (QED) is 0.361. The number of esters is 1. The molecule has 4 heterocycles. The fraction of sp³-hybridized carbons (Fsp3) is 0.412. The second kappa shape index (κ2) is 13.0. The number of likely N-dealkylation sites (tertiary alicyclic amines) is 1. The lowest BCUT2D eigenvalue weighted by Crippen LogP contribution is -2.57. The van der Waals surface area contributed by atoms with Crippen LogP contribution in [0.15, 0.2) is 77.3 Å². The zero-order valence-electron chi connectivity index (χ0n) is 25.5. The number of fused-ring (bicyclic) bond motifs is 2. The molecule has 46 heavy (non-hydrogen) atoms. The number of aliphatic hydroxyl groups excluding tert-OH is 1. The van der Waals surface area contributed by atoms with Crippen molar-refractivity contribution in [2.45, 2.75) is 49.7 Å². The third kappa shape index (κ3) is 5.52. The van der Waals surface area contributed by atoms with Crippen LogP contribution in [0.5, 0.6) is 5.75 Å². The predicted molar refractivity (Wildman–Crippen MR) is 171 cm³/mol. The second-order valence-electron chi connectivity index (χ2n) is 11.9. The molecule has 0 unspecified atom stereocenters. The summed E-state index contributed by atoms with van der Waals surface area (Å²) in [7, 11) is 1.55. The monoisotopic (exact) mass is 693 g/mol. The number of carbonyl (C=O) groups excluding carboxylic acids is 4. The van der Waals surface area contributed by atoms with Crippen molar-refractivity contribution in [2.75, 3.05) is 31.7 Å². The molecule has 4 aliphatic heterocycles. The van der Waals surface area contributed by atoms with E-state index in [1.807, 2.05) is 12.1 Å². The number of anilines is 1. The average Bonchev–Trinajstić information content (AvgIpc) is 3.65. The molecule has 2 fully saturated rings. The van der Waals surface area contributed by atoms with E-state index < -0.39 is 66.1 Å². The van der Waals surface area contributed by atoms with Crippen molar-refractivity contribution < 1.29 is 38.5 Å². The molecule has 0 aromatic heterocycles. The number of carbonyl (C=O) groups is 4. The first-order valence-electron chi connectivity index (χ1n) is 15.3. The highest BCUT2D eigenvalue weighted by molar-refractivity contribution is 9.11. The topological polar surface area (TPSA) is 135 Å². The zero-order chi connectivity index (χ0) is 32.6. The van der Waals surface area contributed by atoms with Crippen molar-refractivity contribution in [1.29, 1.82) is 0 Å². The van der Waals surface area contributed by atoms with Gasteiger partial charge in [-0.25, -0.2) is 0 Å². The fourth-order valence-corrected chi connectivity index (χ4v) is 7.72. The molecular weight excluding hydrogens is 658 g/mol. The van der Waals surface area contributed by atoms with E-state index >= 15 is 4.79 Å². The van der Waals surface area contributed by atoms with Gasteiger partial charge in [-0.3, -0.25) is 19.2 Å². The van der Waals surface area contributed by atoms with Crippen LogP contribution in [0.3, 0.4) is 0 Å². The smallest absolute Gasteiger partial charge is 0.313 e. The van der Waals surface area contributed by atoms with Gasteiger partial charge in [0.2, 0.25) is 11.8 Å². The van der Waals surface area contributed by atoms with Crippen LogP contribution in [0.1, 0.15) is 31.4 Å². The lowest BCUT2D eigenvalue weighted by Gasteiger charge is -2.38. The first-order chi connectivity index (χ1) is 22.2. The van der Waals surface area contributed by atoms with E-state index in [1.54, 1.807) is 79.6 Å². The van der Waals surface area contributed by atoms with Crippen molar-refractivity contribution in [3.8, 4) is 5.75 Å². The largest absolute Gasteiger partial charge is 0.497 e. The summed E-state index contributed by atoms with van der Waals surface area (Å²) >= 11 is 3.56. The Morgan fingerprint density at radius 3 is 2.50 bits per heavy atom. The van der Waals surface area contributed by atoms with Gasteiger partial charge in [0.15, 0.2) is 0 Å². The molecule has 2 aromatic rings. The summed E-state index contributed by atoms with van der Waals surface area (Å²) in [5, 5.41) is 13.6. The van der Waals surface area contributed by atoms with Gasteiger partial charge in [-0.15, -0.1) is 0 Å². The van der Waals surface area contributed by atoms with Crippen molar-refractivity contribution in [2.24, 2.45) is 11.8 Å². The SMILES string of the molecule is COc1ccc(N2C/C=C\CCC(=O)NC[C@@H](C)OC(=O)[C@@H]3[C@H]4O[C@@]5(C=C4Br)[C@H](C2=O)N([C@H](CO)c2ccccc2)C(=O)[C@@H]35)cc1. The zero-order valence-corrected chi connectivity index (χ0v) is 27.1. The summed E-state index contributed by atoms with van der Waals surface area (Å²) in [6.07, 6.45) is 4.48. The molecule has 0 saturated carbocycles. The van der Waals surface area contributed by atoms with Crippen LogP contribution >= 0.6 is 15.9 Å². The Labute approximate surface area is 275 Å². The van der Waals surface area contributed by atoms with E-state index in [0.29, 0.717) is 27.9 Å². The number of cyclic esters (lactones) is 1. The number of hydrogen-bond acceptors (Lipinski definition) is 8. The third-order valence-corrected chi connectivity index (χ3v) is 9.79. The summed E-state index contributed by atoms with van der Waals surface area (Å²) in [4.78, 5) is 58.9. The van der Waals surface area contributed by atoms with Crippen molar-refractivity contribution in [1.82, 2.24) is 10.2 Å². The van der Waals surface area contributed by atoms with Crippen LogP contribution < -0.4 is 15.0 Å². The van der Waals surface area contributed by atoms with Crippen LogP contribution in [-0.2, 0) is 28.7 Å². The molecule has 4 aliphatic rings. The number of aliphatic hydroxyl groups is 1. The number of hydrogen-bond donors (Lipinski definition) is 2. The van der Waals surface area contributed by atoms with Crippen LogP contribution in [0.2, 0.25) is 0 Å². The molecule has 2 saturated heterocycles. The summed E-state index contributed by atoms with van der Waals surface area (Å²) < 4.78 is 18.2. The maximum absolute atomic E-state index is 15.1. The first-order valence-corrected chi connectivity index (χ1v) is 16.1. The van der Waals surface area contributed by atoms with Crippen LogP contribution in [0.4, 0.5) is 5.69 Å². The molecule has 3 amide bonds. The van der Waals surface area contributed by atoms with Crippen molar-refractivity contribution in [3.05, 3.63) is 82.9 Å². The minimum atomic E-state index is -1.52. The van der Waals surface area contributed by atoms with Gasteiger partial charge in [0.05, 0.1) is 32.2 Å². The van der Waals surface area contributed by atoms with Crippen molar-refractivity contribution >= 4 is 45.3 Å². The highest BCUT2D eigenvalue weighted by Gasteiger charge is 2.75. The lowest BCUT2D eigenvalue weighted by molar-refractivity contribution is -0.159. The van der Waals surface area contributed by atoms with Crippen LogP contribution in [0.25, 0.3) is 0 Å². The highest BCUT2D eigenvalue weighted by Crippen LogP contribution is 2.60.